The van der Waals surface area contributed by atoms with Gasteiger partial charge in [-0.25, -0.2) is 4.39 Å². The van der Waals surface area contributed by atoms with Crippen molar-refractivity contribution in [3.8, 4) is 0 Å². The van der Waals surface area contributed by atoms with Gasteiger partial charge in [-0.3, -0.25) is 9.89 Å². The first-order valence-electron chi connectivity index (χ1n) is 11.4. The molecule has 2 saturated heterocycles. The average Bonchev–Trinajstić information content (AvgIpc) is 3.34. The van der Waals surface area contributed by atoms with Crippen LogP contribution in [0.3, 0.4) is 0 Å². The molecule has 0 atom stereocenters. The Kier molecular flexibility index (Phi) is 7.81. The number of hydrogen-bond acceptors (Lipinski definition) is 4. The molecule has 2 aromatic rings. The maximum Gasteiger partial charge on any atom is 0.191 e. The zero-order chi connectivity index (χ0) is 21.5. The molecule has 1 aromatic heterocycles. The number of likely N-dealkylation sites (tertiary alicyclic amines) is 1. The lowest BCUT2D eigenvalue weighted by Crippen LogP contribution is -2.49. The molecule has 0 saturated carbocycles. The molecule has 2 fully saturated rings. The van der Waals surface area contributed by atoms with Crippen LogP contribution in [0.2, 0.25) is 0 Å². The van der Waals surface area contributed by atoms with E-state index in [2.05, 4.69) is 42.9 Å². The molecule has 0 amide bonds. The van der Waals surface area contributed by atoms with Crippen molar-refractivity contribution in [2.24, 2.45) is 10.9 Å². The standard InChI is InChI=1S/C24H34FN5S/c1-26-24(28-21-10-14-30(15-11-21)23-7-4-16-31-23)27-17-19-8-12-29(13-9-19)18-20-5-2-3-6-22(20)25/h2-7,16,19,21H,8-15,17-18H2,1H3,(H2,26,27,28). The van der Waals surface area contributed by atoms with Crippen molar-refractivity contribution >= 4 is 22.3 Å². The lowest BCUT2D eigenvalue weighted by molar-refractivity contribution is 0.176. The molecule has 0 unspecified atom stereocenters. The molecule has 1 aromatic carbocycles. The van der Waals surface area contributed by atoms with Gasteiger partial charge in [0.1, 0.15) is 5.82 Å². The number of halogens is 1. The highest BCUT2D eigenvalue weighted by atomic mass is 32.1. The number of nitrogens with one attached hydrogen (secondary N) is 2. The van der Waals surface area contributed by atoms with E-state index in [1.165, 1.54) is 5.00 Å². The zero-order valence-corrected chi connectivity index (χ0v) is 19.2. The third kappa shape index (κ3) is 6.20. The van der Waals surface area contributed by atoms with E-state index in [9.17, 15) is 4.39 Å². The molecule has 168 valence electrons. The van der Waals surface area contributed by atoms with Crippen LogP contribution in [0.15, 0.2) is 46.8 Å². The minimum Gasteiger partial charge on any atom is -0.363 e. The van der Waals surface area contributed by atoms with Gasteiger partial charge in [0.15, 0.2) is 5.96 Å². The Morgan fingerprint density at radius 2 is 1.84 bits per heavy atom. The number of aliphatic imine (C=N–C) groups is 1. The summed E-state index contributed by atoms with van der Waals surface area (Å²) in [5.74, 6) is 1.46. The summed E-state index contributed by atoms with van der Waals surface area (Å²) < 4.78 is 13.9. The van der Waals surface area contributed by atoms with Gasteiger partial charge in [-0.05, 0) is 68.3 Å². The normalized spacial score (nSPS) is 19.5. The van der Waals surface area contributed by atoms with Crippen LogP contribution in [0, 0.1) is 11.7 Å². The second-order valence-electron chi connectivity index (χ2n) is 8.62. The first kappa shape index (κ1) is 22.1. The van der Waals surface area contributed by atoms with Crippen LogP contribution in [-0.2, 0) is 6.54 Å². The largest absolute Gasteiger partial charge is 0.363 e. The third-order valence-electron chi connectivity index (χ3n) is 6.49. The number of nitrogens with zero attached hydrogens (tertiary/aromatic N) is 3. The molecule has 4 rings (SSSR count). The van der Waals surface area contributed by atoms with Gasteiger partial charge in [-0.15, -0.1) is 11.3 Å². The number of hydrogen-bond donors (Lipinski definition) is 2. The molecule has 0 spiro atoms. The molecule has 2 aliphatic rings. The van der Waals surface area contributed by atoms with Crippen LogP contribution in [0.5, 0.6) is 0 Å². The molecule has 2 N–H and O–H groups in total. The highest BCUT2D eigenvalue weighted by Gasteiger charge is 2.22. The SMILES string of the molecule is CN=C(NCC1CCN(Cc2ccccc2F)CC1)NC1CCN(c2cccs2)CC1. The monoisotopic (exact) mass is 443 g/mol. The van der Waals surface area contributed by atoms with Gasteiger partial charge in [0.25, 0.3) is 0 Å². The van der Waals surface area contributed by atoms with Crippen molar-refractivity contribution in [1.29, 1.82) is 0 Å². The molecule has 0 radical (unpaired) electrons. The van der Waals surface area contributed by atoms with Gasteiger partial charge >= 0.3 is 0 Å². The number of benzene rings is 1. The van der Waals surface area contributed by atoms with Crippen molar-refractivity contribution in [2.45, 2.75) is 38.3 Å². The van der Waals surface area contributed by atoms with Gasteiger partial charge in [0.2, 0.25) is 0 Å². The van der Waals surface area contributed by atoms with Crippen LogP contribution in [0.25, 0.3) is 0 Å². The highest BCUT2D eigenvalue weighted by molar-refractivity contribution is 7.14. The summed E-state index contributed by atoms with van der Waals surface area (Å²) in [5.41, 5.74) is 0.800. The summed E-state index contributed by atoms with van der Waals surface area (Å²) in [6.07, 6.45) is 4.54. The van der Waals surface area contributed by atoms with Gasteiger partial charge in [-0.1, -0.05) is 18.2 Å². The minimum atomic E-state index is -0.0950. The Labute approximate surface area is 189 Å². The van der Waals surface area contributed by atoms with Crippen LogP contribution < -0.4 is 15.5 Å². The summed E-state index contributed by atoms with van der Waals surface area (Å²) in [6.45, 7) is 5.88. The number of thiophene rings is 1. The van der Waals surface area contributed by atoms with Crippen LogP contribution in [0.4, 0.5) is 9.39 Å². The number of guanidine groups is 1. The minimum absolute atomic E-state index is 0.0950. The van der Waals surface area contributed by atoms with E-state index in [0.717, 1.165) is 69.9 Å². The predicted octanol–water partition coefficient (Wildman–Crippen LogP) is 3.93. The Bertz CT molecular complexity index is 824. The second-order valence-corrected chi connectivity index (χ2v) is 9.55. The van der Waals surface area contributed by atoms with Crippen molar-refractivity contribution < 1.29 is 4.39 Å². The molecule has 2 aliphatic heterocycles. The fraction of sp³-hybridized carbons (Fsp3) is 0.542. The summed E-state index contributed by atoms with van der Waals surface area (Å²) in [6, 6.07) is 11.9. The molecular weight excluding hydrogens is 409 g/mol. The molecule has 5 nitrogen and oxygen atoms in total. The summed E-state index contributed by atoms with van der Waals surface area (Å²) >= 11 is 1.82. The summed E-state index contributed by atoms with van der Waals surface area (Å²) in [5, 5.41) is 10.7. The number of piperidine rings is 2. The Morgan fingerprint density at radius 1 is 1.06 bits per heavy atom. The smallest absolute Gasteiger partial charge is 0.191 e. The van der Waals surface area contributed by atoms with Crippen molar-refractivity contribution in [3.63, 3.8) is 0 Å². The van der Waals surface area contributed by atoms with Crippen molar-refractivity contribution in [1.82, 2.24) is 15.5 Å². The van der Waals surface area contributed by atoms with Crippen molar-refractivity contribution in [2.75, 3.05) is 44.7 Å². The summed E-state index contributed by atoms with van der Waals surface area (Å²) in [4.78, 5) is 9.29. The van der Waals surface area contributed by atoms with E-state index in [1.54, 1.807) is 12.1 Å². The molecule has 7 heteroatoms. The zero-order valence-electron chi connectivity index (χ0n) is 18.4. The highest BCUT2D eigenvalue weighted by Crippen LogP contribution is 2.25. The van der Waals surface area contributed by atoms with Gasteiger partial charge in [0.05, 0.1) is 5.00 Å². The Hall–Kier alpha value is -2.12. The summed E-state index contributed by atoms with van der Waals surface area (Å²) in [7, 11) is 1.85. The third-order valence-corrected chi connectivity index (χ3v) is 7.42. The number of anilines is 1. The molecule has 0 bridgehead atoms. The molecular formula is C24H34FN5S. The maximum atomic E-state index is 13.9. The van der Waals surface area contributed by atoms with Crippen LogP contribution in [0.1, 0.15) is 31.2 Å². The fourth-order valence-corrected chi connectivity index (χ4v) is 5.32. The van der Waals surface area contributed by atoms with E-state index in [4.69, 9.17) is 0 Å². The molecule has 3 heterocycles. The first-order valence-corrected chi connectivity index (χ1v) is 12.3. The predicted molar refractivity (Wildman–Crippen MR) is 128 cm³/mol. The average molecular weight is 444 g/mol. The quantitative estimate of drug-likeness (QED) is 0.524. The van der Waals surface area contributed by atoms with E-state index >= 15 is 0 Å². The Balaban J connectivity index is 1.15. The van der Waals surface area contributed by atoms with E-state index in [1.807, 2.05) is 30.5 Å². The molecule has 31 heavy (non-hydrogen) atoms. The number of rotatable bonds is 6. The van der Waals surface area contributed by atoms with E-state index in [-0.39, 0.29) is 5.82 Å². The molecule has 0 aliphatic carbocycles. The van der Waals surface area contributed by atoms with E-state index < -0.39 is 0 Å². The van der Waals surface area contributed by atoms with Crippen molar-refractivity contribution in [3.05, 3.63) is 53.2 Å². The maximum absolute atomic E-state index is 13.9. The lowest BCUT2D eigenvalue weighted by Gasteiger charge is -2.34. The second kappa shape index (κ2) is 11.0. The Morgan fingerprint density at radius 3 is 2.52 bits per heavy atom. The van der Waals surface area contributed by atoms with Crippen LogP contribution >= 0.6 is 11.3 Å². The lowest BCUT2D eigenvalue weighted by atomic mass is 9.96. The fourth-order valence-electron chi connectivity index (χ4n) is 4.54. The van der Waals surface area contributed by atoms with Gasteiger partial charge in [0, 0.05) is 44.8 Å². The van der Waals surface area contributed by atoms with Gasteiger partial charge in [-0.2, -0.15) is 0 Å². The first-order chi connectivity index (χ1) is 15.2. The van der Waals surface area contributed by atoms with E-state index in [0.29, 0.717) is 18.5 Å². The topological polar surface area (TPSA) is 42.9 Å². The van der Waals surface area contributed by atoms with Crippen LogP contribution in [-0.4, -0.2) is 56.7 Å². The van der Waals surface area contributed by atoms with Gasteiger partial charge < -0.3 is 15.5 Å².